The molecule has 0 unspecified atom stereocenters. The Hall–Kier alpha value is -0.960. The SMILES string of the molecule is CC(C)(C)CCNCc1cnccn1. The molecule has 3 heteroatoms. The van der Waals surface area contributed by atoms with Gasteiger partial charge in [0.25, 0.3) is 0 Å². The van der Waals surface area contributed by atoms with Crippen molar-refractivity contribution in [2.24, 2.45) is 5.41 Å². The smallest absolute Gasteiger partial charge is 0.0724 e. The zero-order chi connectivity index (χ0) is 10.4. The van der Waals surface area contributed by atoms with Crippen LogP contribution in [0, 0.1) is 5.41 Å². The topological polar surface area (TPSA) is 37.8 Å². The molecule has 14 heavy (non-hydrogen) atoms. The van der Waals surface area contributed by atoms with Crippen molar-refractivity contribution in [3.63, 3.8) is 0 Å². The fourth-order valence-corrected chi connectivity index (χ4v) is 1.10. The molecule has 0 aromatic carbocycles. The highest BCUT2D eigenvalue weighted by molar-refractivity contribution is 4.93. The molecule has 0 bridgehead atoms. The van der Waals surface area contributed by atoms with Crippen molar-refractivity contribution in [3.8, 4) is 0 Å². The third-order valence-corrected chi connectivity index (χ3v) is 1.97. The second kappa shape index (κ2) is 5.05. The summed E-state index contributed by atoms with van der Waals surface area (Å²) < 4.78 is 0. The van der Waals surface area contributed by atoms with E-state index >= 15 is 0 Å². The van der Waals surface area contributed by atoms with Crippen molar-refractivity contribution in [2.75, 3.05) is 6.54 Å². The van der Waals surface area contributed by atoms with Crippen LogP contribution in [0.25, 0.3) is 0 Å². The van der Waals surface area contributed by atoms with Gasteiger partial charge in [0.15, 0.2) is 0 Å². The van der Waals surface area contributed by atoms with Gasteiger partial charge in [-0.2, -0.15) is 0 Å². The Kier molecular flexibility index (Phi) is 4.01. The molecule has 3 nitrogen and oxygen atoms in total. The summed E-state index contributed by atoms with van der Waals surface area (Å²) in [5.74, 6) is 0. The van der Waals surface area contributed by atoms with Crippen molar-refractivity contribution in [3.05, 3.63) is 24.3 Å². The lowest BCUT2D eigenvalue weighted by molar-refractivity contribution is 0.366. The summed E-state index contributed by atoms with van der Waals surface area (Å²) in [7, 11) is 0. The van der Waals surface area contributed by atoms with Gasteiger partial charge in [-0.05, 0) is 18.4 Å². The van der Waals surface area contributed by atoms with E-state index in [2.05, 4.69) is 36.1 Å². The first-order chi connectivity index (χ1) is 6.58. The first-order valence-electron chi connectivity index (χ1n) is 5.03. The summed E-state index contributed by atoms with van der Waals surface area (Å²) >= 11 is 0. The monoisotopic (exact) mass is 193 g/mol. The maximum Gasteiger partial charge on any atom is 0.0724 e. The van der Waals surface area contributed by atoms with Crippen LogP contribution in [-0.2, 0) is 6.54 Å². The van der Waals surface area contributed by atoms with Crippen molar-refractivity contribution in [1.82, 2.24) is 15.3 Å². The molecule has 1 rings (SSSR count). The normalized spacial score (nSPS) is 11.6. The Balaban J connectivity index is 2.17. The number of hydrogen-bond acceptors (Lipinski definition) is 3. The summed E-state index contributed by atoms with van der Waals surface area (Å²) in [5, 5.41) is 3.36. The molecule has 0 saturated heterocycles. The molecule has 1 aromatic rings. The number of hydrogen-bond donors (Lipinski definition) is 1. The van der Waals surface area contributed by atoms with E-state index in [1.54, 1.807) is 18.6 Å². The molecule has 0 amide bonds. The van der Waals surface area contributed by atoms with Gasteiger partial charge in [0, 0.05) is 25.1 Å². The largest absolute Gasteiger partial charge is 0.311 e. The number of nitrogens with one attached hydrogen (secondary N) is 1. The molecule has 0 aliphatic rings. The Morgan fingerprint density at radius 3 is 2.64 bits per heavy atom. The van der Waals surface area contributed by atoms with Crippen molar-refractivity contribution >= 4 is 0 Å². The Bertz CT molecular complexity index is 251. The average molecular weight is 193 g/mol. The third-order valence-electron chi connectivity index (χ3n) is 1.97. The minimum atomic E-state index is 0.398. The van der Waals surface area contributed by atoms with Crippen LogP contribution >= 0.6 is 0 Å². The third kappa shape index (κ3) is 4.92. The predicted molar refractivity (Wildman–Crippen MR) is 57.8 cm³/mol. The first kappa shape index (κ1) is 11.1. The molecule has 0 fully saturated rings. The van der Waals surface area contributed by atoms with E-state index in [9.17, 15) is 0 Å². The van der Waals surface area contributed by atoms with E-state index in [0.29, 0.717) is 5.41 Å². The molecule has 1 aromatic heterocycles. The fourth-order valence-electron chi connectivity index (χ4n) is 1.10. The molecule has 78 valence electrons. The van der Waals surface area contributed by atoms with Crippen molar-refractivity contribution in [1.29, 1.82) is 0 Å². The van der Waals surface area contributed by atoms with Crippen LogP contribution < -0.4 is 5.32 Å². The molecule has 0 atom stereocenters. The second-order valence-electron chi connectivity index (χ2n) is 4.68. The highest BCUT2D eigenvalue weighted by atomic mass is 14.9. The summed E-state index contributed by atoms with van der Waals surface area (Å²) in [6, 6.07) is 0. The molecule has 1 heterocycles. The molecular formula is C11H19N3. The number of rotatable bonds is 4. The zero-order valence-electron chi connectivity index (χ0n) is 9.25. The van der Waals surface area contributed by atoms with Gasteiger partial charge in [-0.1, -0.05) is 20.8 Å². The fraction of sp³-hybridized carbons (Fsp3) is 0.636. The lowest BCUT2D eigenvalue weighted by Crippen LogP contribution is -2.20. The van der Waals surface area contributed by atoms with Gasteiger partial charge in [-0.15, -0.1) is 0 Å². The maximum absolute atomic E-state index is 4.19. The van der Waals surface area contributed by atoms with Gasteiger partial charge in [-0.3, -0.25) is 9.97 Å². The van der Waals surface area contributed by atoms with Crippen LogP contribution in [0.15, 0.2) is 18.6 Å². The number of nitrogens with zero attached hydrogens (tertiary/aromatic N) is 2. The average Bonchev–Trinajstić information content (AvgIpc) is 2.13. The molecule has 0 saturated carbocycles. The molecule has 0 aliphatic heterocycles. The van der Waals surface area contributed by atoms with Crippen LogP contribution in [0.4, 0.5) is 0 Å². The standard InChI is InChI=1S/C11H19N3/c1-11(2,3)4-5-12-8-10-9-13-6-7-14-10/h6-7,9,12H,4-5,8H2,1-3H3. The number of aromatic nitrogens is 2. The molecular weight excluding hydrogens is 174 g/mol. The quantitative estimate of drug-likeness (QED) is 0.743. The Morgan fingerprint density at radius 1 is 1.29 bits per heavy atom. The zero-order valence-corrected chi connectivity index (χ0v) is 9.25. The lowest BCUT2D eigenvalue weighted by atomic mass is 9.92. The van der Waals surface area contributed by atoms with E-state index in [-0.39, 0.29) is 0 Å². The highest BCUT2D eigenvalue weighted by Gasteiger charge is 2.08. The van der Waals surface area contributed by atoms with Crippen LogP contribution in [0.3, 0.4) is 0 Å². The van der Waals surface area contributed by atoms with E-state index in [1.165, 1.54) is 6.42 Å². The van der Waals surface area contributed by atoms with Gasteiger partial charge in [0.2, 0.25) is 0 Å². The maximum atomic E-state index is 4.19. The van der Waals surface area contributed by atoms with Gasteiger partial charge < -0.3 is 5.32 Å². The molecule has 0 aliphatic carbocycles. The summed E-state index contributed by atoms with van der Waals surface area (Å²) in [6.45, 7) is 8.58. The Labute approximate surface area is 86.0 Å². The van der Waals surface area contributed by atoms with Gasteiger partial charge in [0.05, 0.1) is 5.69 Å². The van der Waals surface area contributed by atoms with E-state index in [0.717, 1.165) is 18.8 Å². The van der Waals surface area contributed by atoms with E-state index in [1.807, 2.05) is 0 Å². The summed E-state index contributed by atoms with van der Waals surface area (Å²) in [5.41, 5.74) is 1.40. The highest BCUT2D eigenvalue weighted by Crippen LogP contribution is 2.16. The minimum Gasteiger partial charge on any atom is -0.311 e. The Morgan fingerprint density at radius 2 is 2.07 bits per heavy atom. The van der Waals surface area contributed by atoms with Crippen LogP contribution in [0.2, 0.25) is 0 Å². The second-order valence-corrected chi connectivity index (χ2v) is 4.68. The van der Waals surface area contributed by atoms with Crippen LogP contribution in [0.5, 0.6) is 0 Å². The van der Waals surface area contributed by atoms with Gasteiger partial charge >= 0.3 is 0 Å². The minimum absolute atomic E-state index is 0.398. The van der Waals surface area contributed by atoms with Crippen LogP contribution in [0.1, 0.15) is 32.9 Å². The van der Waals surface area contributed by atoms with Gasteiger partial charge in [0.1, 0.15) is 0 Å². The summed E-state index contributed by atoms with van der Waals surface area (Å²) in [6.07, 6.45) is 6.39. The van der Waals surface area contributed by atoms with E-state index in [4.69, 9.17) is 0 Å². The lowest BCUT2D eigenvalue weighted by Gasteiger charge is -2.17. The first-order valence-corrected chi connectivity index (χ1v) is 5.03. The predicted octanol–water partition coefficient (Wildman–Crippen LogP) is 2.00. The molecule has 0 radical (unpaired) electrons. The van der Waals surface area contributed by atoms with Crippen molar-refractivity contribution in [2.45, 2.75) is 33.7 Å². The summed E-state index contributed by atoms with van der Waals surface area (Å²) in [4.78, 5) is 8.20. The van der Waals surface area contributed by atoms with Crippen molar-refractivity contribution < 1.29 is 0 Å². The van der Waals surface area contributed by atoms with Crippen LogP contribution in [-0.4, -0.2) is 16.5 Å². The van der Waals surface area contributed by atoms with E-state index < -0.39 is 0 Å². The molecule has 0 spiro atoms. The molecule has 1 N–H and O–H groups in total. The van der Waals surface area contributed by atoms with Gasteiger partial charge in [-0.25, -0.2) is 0 Å².